The number of aliphatic hydroxyl groups excluding tert-OH is 3. The lowest BCUT2D eigenvalue weighted by atomic mass is 10.1. The van der Waals surface area contributed by atoms with Crippen LogP contribution in [-0.4, -0.2) is 49.5 Å². The summed E-state index contributed by atoms with van der Waals surface area (Å²) in [5.41, 5.74) is 1.58. The highest BCUT2D eigenvalue weighted by Gasteiger charge is 2.24. The van der Waals surface area contributed by atoms with Crippen LogP contribution < -0.4 is 0 Å². The van der Waals surface area contributed by atoms with Crippen molar-refractivity contribution in [2.24, 2.45) is 0 Å². The Kier molecular flexibility index (Phi) is 3.71. The van der Waals surface area contributed by atoms with Crippen LogP contribution in [0.4, 0.5) is 0 Å². The van der Waals surface area contributed by atoms with E-state index in [-0.39, 0.29) is 12.8 Å². The minimum atomic E-state index is -1.59. The minimum Gasteiger partial charge on any atom is -0.388 e. The first-order valence-corrected chi connectivity index (χ1v) is 5.53. The Morgan fingerprint density at radius 2 is 2.00 bits per heavy atom. The molecule has 0 amide bonds. The number of carbonyl (C=O) groups excluding carboxylic acids is 1. The summed E-state index contributed by atoms with van der Waals surface area (Å²) >= 11 is 0. The smallest absolute Gasteiger partial charge is 0.151 e. The maximum atomic E-state index is 10.3. The highest BCUT2D eigenvalue weighted by atomic mass is 16.4. The zero-order valence-electron chi connectivity index (χ0n) is 9.55. The van der Waals surface area contributed by atoms with Crippen molar-refractivity contribution in [2.45, 2.75) is 24.9 Å². The zero-order valence-corrected chi connectivity index (χ0v) is 9.55. The average Bonchev–Trinajstić information content (AvgIpc) is 2.80. The van der Waals surface area contributed by atoms with E-state index in [9.17, 15) is 15.0 Å². The van der Waals surface area contributed by atoms with Crippen molar-refractivity contribution in [1.29, 1.82) is 0 Å². The van der Waals surface area contributed by atoms with Gasteiger partial charge >= 0.3 is 0 Å². The Bertz CT molecular complexity index is 540. The van der Waals surface area contributed by atoms with E-state index in [2.05, 4.69) is 4.98 Å². The lowest BCUT2D eigenvalue weighted by Gasteiger charge is -2.19. The number of aliphatic hydroxyl groups is 3. The number of benzene rings is 1. The van der Waals surface area contributed by atoms with Gasteiger partial charge in [0.25, 0.3) is 0 Å². The third-order valence-electron chi connectivity index (χ3n) is 2.79. The number of rotatable bonds is 5. The number of para-hydroxylation sites is 2. The van der Waals surface area contributed by atoms with Gasteiger partial charge in [-0.15, -0.1) is 0 Å². The van der Waals surface area contributed by atoms with E-state index >= 15 is 0 Å². The maximum absolute atomic E-state index is 10.3. The second-order valence-electron chi connectivity index (χ2n) is 4.07. The molecule has 2 rings (SSSR count). The van der Waals surface area contributed by atoms with E-state index in [1.54, 1.807) is 4.57 Å². The molecule has 96 valence electrons. The molecule has 0 spiro atoms. The van der Waals surface area contributed by atoms with E-state index in [4.69, 9.17) is 5.11 Å². The van der Waals surface area contributed by atoms with Crippen LogP contribution in [0.5, 0.6) is 0 Å². The number of aromatic nitrogens is 2. The van der Waals surface area contributed by atoms with E-state index < -0.39 is 18.3 Å². The maximum Gasteiger partial charge on any atom is 0.151 e. The molecule has 1 heterocycles. The number of hydrogen-bond acceptors (Lipinski definition) is 5. The number of imidazole rings is 1. The summed E-state index contributed by atoms with van der Waals surface area (Å²) < 4.78 is 1.65. The predicted octanol–water partition coefficient (Wildman–Crippen LogP) is -0.682. The summed E-state index contributed by atoms with van der Waals surface area (Å²) in [4.78, 5) is 14.5. The summed E-state index contributed by atoms with van der Waals surface area (Å²) in [5, 5.41) is 28.4. The largest absolute Gasteiger partial charge is 0.388 e. The molecule has 0 aliphatic rings. The lowest BCUT2D eigenvalue weighted by molar-refractivity contribution is -0.126. The summed E-state index contributed by atoms with van der Waals surface area (Å²) in [5.74, 6) is 0. The van der Waals surface area contributed by atoms with Crippen molar-refractivity contribution in [3.05, 3.63) is 30.6 Å². The summed E-state index contributed by atoms with van der Waals surface area (Å²) in [6, 6.07) is 7.34. The van der Waals surface area contributed by atoms with Gasteiger partial charge in [0, 0.05) is 0 Å². The van der Waals surface area contributed by atoms with E-state index in [0.29, 0.717) is 0 Å². The third-order valence-corrected chi connectivity index (χ3v) is 2.79. The Labute approximate surface area is 103 Å². The van der Waals surface area contributed by atoms with Crippen LogP contribution in [-0.2, 0) is 11.3 Å². The number of aldehydes is 1. The first-order valence-electron chi connectivity index (χ1n) is 5.53. The molecular weight excluding hydrogens is 236 g/mol. The molecule has 0 aliphatic carbocycles. The van der Waals surface area contributed by atoms with Gasteiger partial charge in [-0.25, -0.2) is 4.98 Å². The van der Waals surface area contributed by atoms with E-state index in [0.717, 1.165) is 11.0 Å². The fourth-order valence-electron chi connectivity index (χ4n) is 1.77. The molecule has 0 unspecified atom stereocenters. The van der Waals surface area contributed by atoms with Crippen LogP contribution in [0.2, 0.25) is 0 Å². The van der Waals surface area contributed by atoms with Gasteiger partial charge in [-0.1, -0.05) is 12.1 Å². The fraction of sp³-hybridized carbons (Fsp3) is 0.333. The van der Waals surface area contributed by atoms with Crippen LogP contribution in [0.1, 0.15) is 0 Å². The average molecular weight is 250 g/mol. The van der Waals surface area contributed by atoms with E-state index in [1.165, 1.54) is 6.33 Å². The number of nitrogens with zero attached hydrogens (tertiary/aromatic N) is 2. The number of carbonyl (C=O) groups is 1. The molecule has 0 aliphatic heterocycles. The van der Waals surface area contributed by atoms with Crippen LogP contribution in [0, 0.1) is 0 Å². The molecule has 2 aromatic rings. The Morgan fingerprint density at radius 3 is 2.72 bits per heavy atom. The van der Waals surface area contributed by atoms with Gasteiger partial charge in [-0.3, -0.25) is 0 Å². The molecule has 18 heavy (non-hydrogen) atoms. The van der Waals surface area contributed by atoms with Gasteiger partial charge < -0.3 is 24.7 Å². The molecule has 3 N–H and O–H groups in total. The van der Waals surface area contributed by atoms with Gasteiger partial charge in [0.2, 0.25) is 0 Å². The molecule has 6 heteroatoms. The van der Waals surface area contributed by atoms with Crippen LogP contribution >= 0.6 is 0 Å². The molecule has 1 aromatic heterocycles. The van der Waals surface area contributed by atoms with Crippen LogP contribution in [0.25, 0.3) is 11.0 Å². The Balaban J connectivity index is 2.16. The van der Waals surface area contributed by atoms with E-state index in [1.807, 2.05) is 24.3 Å². The van der Waals surface area contributed by atoms with Crippen molar-refractivity contribution in [1.82, 2.24) is 9.55 Å². The first kappa shape index (κ1) is 12.7. The Morgan fingerprint density at radius 1 is 1.28 bits per heavy atom. The Hall–Kier alpha value is -1.76. The number of hydrogen-bond donors (Lipinski definition) is 3. The molecule has 1 aromatic carbocycles. The summed E-state index contributed by atoms with van der Waals surface area (Å²) in [6.07, 6.45) is -2.62. The van der Waals surface area contributed by atoms with Crippen molar-refractivity contribution < 1.29 is 20.1 Å². The number of fused-ring (bicyclic) bond motifs is 1. The minimum absolute atomic E-state index is 0.0482. The SMILES string of the molecule is O=C[C@H](O)[C@H](O)[C@H](O)Cn1cnc2ccccc21. The van der Waals surface area contributed by atoms with Crippen molar-refractivity contribution >= 4 is 17.3 Å². The van der Waals surface area contributed by atoms with Gasteiger partial charge in [0.05, 0.1) is 23.9 Å². The van der Waals surface area contributed by atoms with Crippen molar-refractivity contribution in [2.75, 3.05) is 0 Å². The second kappa shape index (κ2) is 5.26. The van der Waals surface area contributed by atoms with Gasteiger partial charge in [0.1, 0.15) is 18.3 Å². The lowest BCUT2D eigenvalue weighted by Crippen LogP contribution is -2.40. The quantitative estimate of drug-likeness (QED) is 0.611. The highest BCUT2D eigenvalue weighted by molar-refractivity contribution is 5.74. The van der Waals surface area contributed by atoms with Crippen molar-refractivity contribution in [3.63, 3.8) is 0 Å². The van der Waals surface area contributed by atoms with Crippen LogP contribution in [0.15, 0.2) is 30.6 Å². The zero-order chi connectivity index (χ0) is 13.1. The van der Waals surface area contributed by atoms with Crippen LogP contribution in [0.3, 0.4) is 0 Å². The molecule has 0 saturated heterocycles. The first-order chi connectivity index (χ1) is 8.63. The fourth-order valence-corrected chi connectivity index (χ4v) is 1.77. The normalized spacial score (nSPS) is 16.4. The highest BCUT2D eigenvalue weighted by Crippen LogP contribution is 2.13. The molecule has 0 fully saturated rings. The third kappa shape index (κ3) is 2.40. The second-order valence-corrected chi connectivity index (χ2v) is 4.07. The molecule has 0 saturated carbocycles. The van der Waals surface area contributed by atoms with Crippen molar-refractivity contribution in [3.8, 4) is 0 Å². The molecule has 6 nitrogen and oxygen atoms in total. The standard InChI is InChI=1S/C12H14N2O4/c15-6-11(17)12(18)10(16)5-14-7-13-8-3-1-2-4-9(8)14/h1-4,6-7,10-12,16-18H,5H2/t10-,11+,12-/m1/s1. The monoisotopic (exact) mass is 250 g/mol. The predicted molar refractivity (Wildman–Crippen MR) is 63.8 cm³/mol. The van der Waals surface area contributed by atoms with Gasteiger partial charge in [-0.2, -0.15) is 0 Å². The molecule has 3 atom stereocenters. The summed E-state index contributed by atoms with van der Waals surface area (Å²) in [7, 11) is 0. The molecular formula is C12H14N2O4. The molecule has 0 radical (unpaired) electrons. The van der Waals surface area contributed by atoms with Gasteiger partial charge in [0.15, 0.2) is 6.29 Å². The topological polar surface area (TPSA) is 95.6 Å². The summed E-state index contributed by atoms with van der Waals surface area (Å²) in [6.45, 7) is 0.0482. The van der Waals surface area contributed by atoms with Gasteiger partial charge in [-0.05, 0) is 12.1 Å². The molecule has 0 bridgehead atoms.